The highest BCUT2D eigenvalue weighted by molar-refractivity contribution is 7.99. The van der Waals surface area contributed by atoms with Crippen molar-refractivity contribution < 1.29 is 14.3 Å². The first-order chi connectivity index (χ1) is 12.6. The Bertz CT molecular complexity index is 795. The standard InChI is InChI=1S/C15H19N5O4S2/c21-12(17-13(22)16-7-11-4-2-6-25-11)9-26-15-19-18-14(23)20(15)8-10-3-1-5-24-10/h2,4,6,10H,1,3,5,7-9H2,(H,18,23)(H2,16,17,21,22)/t10-/m1/s1. The highest BCUT2D eigenvalue weighted by Gasteiger charge is 2.20. The maximum atomic E-state index is 11.9. The van der Waals surface area contributed by atoms with E-state index < -0.39 is 11.9 Å². The Morgan fingerprint density at radius 2 is 2.38 bits per heavy atom. The molecule has 3 heterocycles. The number of imide groups is 1. The molecule has 11 heteroatoms. The van der Waals surface area contributed by atoms with Crippen LogP contribution in [0.2, 0.25) is 0 Å². The fraction of sp³-hybridized carbons (Fsp3) is 0.467. The number of aromatic nitrogens is 3. The van der Waals surface area contributed by atoms with Crippen molar-refractivity contribution in [2.75, 3.05) is 12.4 Å². The molecule has 1 aliphatic rings. The lowest BCUT2D eigenvalue weighted by molar-refractivity contribution is -0.117. The average molecular weight is 397 g/mol. The molecule has 2 aromatic heterocycles. The third-order valence-electron chi connectivity index (χ3n) is 3.72. The Kier molecular flexibility index (Phi) is 6.47. The van der Waals surface area contributed by atoms with Crippen LogP contribution in [-0.4, -0.2) is 45.2 Å². The van der Waals surface area contributed by atoms with E-state index in [4.69, 9.17) is 4.74 Å². The summed E-state index contributed by atoms with van der Waals surface area (Å²) >= 11 is 2.61. The lowest BCUT2D eigenvalue weighted by Gasteiger charge is -2.11. The predicted molar refractivity (Wildman–Crippen MR) is 97.2 cm³/mol. The van der Waals surface area contributed by atoms with Gasteiger partial charge < -0.3 is 10.1 Å². The number of carbonyl (C=O) groups excluding carboxylic acids is 2. The number of amides is 3. The Morgan fingerprint density at radius 1 is 1.50 bits per heavy atom. The molecule has 0 aliphatic carbocycles. The van der Waals surface area contributed by atoms with Crippen LogP contribution in [0.15, 0.2) is 27.5 Å². The largest absolute Gasteiger partial charge is 0.376 e. The fourth-order valence-corrected chi connectivity index (χ4v) is 3.88. The molecule has 1 aliphatic heterocycles. The number of thiophene rings is 1. The number of H-pyrrole nitrogens is 1. The Labute approximate surface area is 157 Å². The van der Waals surface area contributed by atoms with Crippen molar-refractivity contribution in [2.24, 2.45) is 0 Å². The number of hydrogen-bond acceptors (Lipinski definition) is 7. The molecule has 1 fully saturated rings. The number of nitrogens with one attached hydrogen (secondary N) is 3. The molecule has 0 spiro atoms. The second-order valence-corrected chi connectivity index (χ2v) is 7.63. The quantitative estimate of drug-likeness (QED) is 0.598. The third-order valence-corrected chi connectivity index (χ3v) is 5.57. The van der Waals surface area contributed by atoms with Gasteiger partial charge in [0.25, 0.3) is 0 Å². The summed E-state index contributed by atoms with van der Waals surface area (Å²) in [6, 6.07) is 3.23. The molecule has 0 unspecified atom stereocenters. The summed E-state index contributed by atoms with van der Waals surface area (Å²) in [5.41, 5.74) is -0.336. The molecule has 0 radical (unpaired) electrons. The van der Waals surface area contributed by atoms with Crippen LogP contribution in [0, 0.1) is 0 Å². The molecule has 9 nitrogen and oxygen atoms in total. The van der Waals surface area contributed by atoms with Gasteiger partial charge in [-0.2, -0.15) is 0 Å². The van der Waals surface area contributed by atoms with Crippen LogP contribution in [0.5, 0.6) is 0 Å². The van der Waals surface area contributed by atoms with Crippen LogP contribution in [0.4, 0.5) is 4.79 Å². The van der Waals surface area contributed by atoms with Gasteiger partial charge in [-0.15, -0.1) is 16.4 Å². The minimum Gasteiger partial charge on any atom is -0.376 e. The van der Waals surface area contributed by atoms with Gasteiger partial charge in [0.1, 0.15) is 0 Å². The van der Waals surface area contributed by atoms with Crippen LogP contribution in [0.25, 0.3) is 0 Å². The monoisotopic (exact) mass is 397 g/mol. The van der Waals surface area contributed by atoms with Crippen molar-refractivity contribution in [3.8, 4) is 0 Å². The molecule has 3 N–H and O–H groups in total. The number of nitrogens with zero attached hydrogens (tertiary/aromatic N) is 2. The van der Waals surface area contributed by atoms with Crippen molar-refractivity contribution in [3.05, 3.63) is 32.9 Å². The molecule has 140 valence electrons. The van der Waals surface area contributed by atoms with Gasteiger partial charge in [-0.25, -0.2) is 14.7 Å². The van der Waals surface area contributed by atoms with E-state index in [0.717, 1.165) is 29.5 Å². The second kappa shape index (κ2) is 9.01. The number of urea groups is 1. The molecule has 2 aromatic rings. The highest BCUT2D eigenvalue weighted by Crippen LogP contribution is 2.17. The minimum atomic E-state index is -0.553. The molecular weight excluding hydrogens is 378 g/mol. The van der Waals surface area contributed by atoms with Crippen LogP contribution >= 0.6 is 23.1 Å². The number of ether oxygens (including phenoxy) is 1. The number of thioether (sulfide) groups is 1. The minimum absolute atomic E-state index is 0.0125. The molecule has 3 amide bonds. The van der Waals surface area contributed by atoms with E-state index in [1.165, 1.54) is 15.9 Å². The fourth-order valence-electron chi connectivity index (χ4n) is 2.48. The summed E-state index contributed by atoms with van der Waals surface area (Å²) in [5.74, 6) is -0.486. The summed E-state index contributed by atoms with van der Waals surface area (Å²) in [7, 11) is 0. The van der Waals surface area contributed by atoms with Crippen LogP contribution < -0.4 is 16.3 Å². The zero-order valence-electron chi connectivity index (χ0n) is 13.9. The lowest BCUT2D eigenvalue weighted by atomic mass is 10.2. The van der Waals surface area contributed by atoms with E-state index in [1.54, 1.807) is 0 Å². The second-order valence-electron chi connectivity index (χ2n) is 5.66. The van der Waals surface area contributed by atoms with Crippen molar-refractivity contribution in [2.45, 2.75) is 37.2 Å². The van der Waals surface area contributed by atoms with Crippen molar-refractivity contribution in [1.29, 1.82) is 0 Å². The maximum absolute atomic E-state index is 11.9. The van der Waals surface area contributed by atoms with E-state index in [-0.39, 0.29) is 17.5 Å². The summed E-state index contributed by atoms with van der Waals surface area (Å²) in [6.07, 6.45) is 1.86. The normalized spacial score (nSPS) is 16.5. The first kappa shape index (κ1) is 18.7. The Balaban J connectivity index is 1.45. The molecule has 0 saturated carbocycles. The van der Waals surface area contributed by atoms with E-state index >= 15 is 0 Å². The van der Waals surface area contributed by atoms with Crippen molar-refractivity contribution in [3.63, 3.8) is 0 Å². The summed E-state index contributed by atoms with van der Waals surface area (Å²) in [4.78, 5) is 36.5. The summed E-state index contributed by atoms with van der Waals surface area (Å²) in [6.45, 7) is 1.47. The molecule has 0 bridgehead atoms. The van der Waals surface area contributed by atoms with Gasteiger partial charge in [-0.3, -0.25) is 14.7 Å². The smallest absolute Gasteiger partial charge is 0.344 e. The number of rotatable bonds is 7. The van der Waals surface area contributed by atoms with Gasteiger partial charge >= 0.3 is 11.7 Å². The Morgan fingerprint density at radius 3 is 3.12 bits per heavy atom. The maximum Gasteiger partial charge on any atom is 0.344 e. The molecule has 0 aromatic carbocycles. The van der Waals surface area contributed by atoms with Gasteiger partial charge in [0.05, 0.1) is 24.9 Å². The molecular formula is C15H19N5O4S2. The first-order valence-electron chi connectivity index (χ1n) is 8.11. The molecule has 1 saturated heterocycles. The lowest BCUT2D eigenvalue weighted by Crippen LogP contribution is -2.39. The van der Waals surface area contributed by atoms with Gasteiger partial charge in [-0.1, -0.05) is 17.8 Å². The van der Waals surface area contributed by atoms with E-state index in [9.17, 15) is 14.4 Å². The number of carbonyl (C=O) groups is 2. The molecule has 26 heavy (non-hydrogen) atoms. The number of hydrogen-bond donors (Lipinski definition) is 3. The Hall–Kier alpha value is -2.11. The molecule has 1 atom stereocenters. The molecule has 3 rings (SSSR count). The van der Waals surface area contributed by atoms with Crippen molar-refractivity contribution in [1.82, 2.24) is 25.4 Å². The zero-order chi connectivity index (χ0) is 18.4. The van der Waals surface area contributed by atoms with Crippen LogP contribution in [0.3, 0.4) is 0 Å². The van der Waals surface area contributed by atoms with E-state index in [1.807, 2.05) is 17.5 Å². The summed E-state index contributed by atoms with van der Waals surface area (Å²) < 4.78 is 6.99. The average Bonchev–Trinajstić information content (AvgIpc) is 3.36. The van der Waals surface area contributed by atoms with E-state index in [2.05, 4.69) is 20.8 Å². The first-order valence-corrected chi connectivity index (χ1v) is 9.98. The van der Waals surface area contributed by atoms with Gasteiger partial charge in [0.15, 0.2) is 5.16 Å². The SMILES string of the molecule is O=C(CSc1n[nH]c(=O)n1C[C@H]1CCCO1)NC(=O)NCc1cccs1. The van der Waals surface area contributed by atoms with Crippen LogP contribution in [-0.2, 0) is 22.6 Å². The van der Waals surface area contributed by atoms with Gasteiger partial charge in [0, 0.05) is 11.5 Å². The van der Waals surface area contributed by atoms with E-state index in [0.29, 0.717) is 24.9 Å². The number of aromatic amines is 1. The predicted octanol–water partition coefficient (Wildman–Crippen LogP) is 0.930. The van der Waals surface area contributed by atoms with Crippen LogP contribution in [0.1, 0.15) is 17.7 Å². The zero-order valence-corrected chi connectivity index (χ0v) is 15.5. The topological polar surface area (TPSA) is 118 Å². The van der Waals surface area contributed by atoms with Crippen molar-refractivity contribution >= 4 is 35.0 Å². The summed E-state index contributed by atoms with van der Waals surface area (Å²) in [5, 5.41) is 13.5. The van der Waals surface area contributed by atoms with Gasteiger partial charge in [-0.05, 0) is 24.3 Å². The van der Waals surface area contributed by atoms with Gasteiger partial charge in [0.2, 0.25) is 5.91 Å². The third kappa shape index (κ3) is 5.19. The highest BCUT2D eigenvalue weighted by atomic mass is 32.2.